The summed E-state index contributed by atoms with van der Waals surface area (Å²) in [6.07, 6.45) is 1.70. The third kappa shape index (κ3) is 3.04. The van der Waals surface area contributed by atoms with Gasteiger partial charge in [-0.1, -0.05) is 11.6 Å². The van der Waals surface area contributed by atoms with Crippen molar-refractivity contribution >= 4 is 23.2 Å². The average molecular weight is 261 g/mol. The van der Waals surface area contributed by atoms with Crippen molar-refractivity contribution in [2.75, 3.05) is 19.6 Å². The molecule has 1 fully saturated rings. The zero-order valence-electron chi connectivity index (χ0n) is 9.08. The summed E-state index contributed by atoms with van der Waals surface area (Å²) in [6, 6.07) is 0.515. The predicted octanol–water partition coefficient (Wildman–Crippen LogP) is 1.58. The molecule has 2 rings (SSSR count). The van der Waals surface area contributed by atoms with E-state index in [0.717, 1.165) is 31.7 Å². The molecular formula is C10H14Cl2N4. The van der Waals surface area contributed by atoms with Gasteiger partial charge >= 0.3 is 0 Å². The van der Waals surface area contributed by atoms with Gasteiger partial charge in [0.2, 0.25) is 5.28 Å². The van der Waals surface area contributed by atoms with Gasteiger partial charge < -0.3 is 5.32 Å². The summed E-state index contributed by atoms with van der Waals surface area (Å²) in [5.41, 5.74) is 0.931. The first kappa shape index (κ1) is 12.0. The van der Waals surface area contributed by atoms with E-state index in [2.05, 4.69) is 27.1 Å². The number of halogens is 2. The average Bonchev–Trinajstić information content (AvgIpc) is 2.22. The molecule has 1 aromatic rings. The maximum Gasteiger partial charge on any atom is 0.223 e. The van der Waals surface area contributed by atoms with E-state index < -0.39 is 0 Å². The van der Waals surface area contributed by atoms with Crippen LogP contribution in [0.4, 0.5) is 0 Å². The normalized spacial score (nSPS) is 22.3. The summed E-state index contributed by atoms with van der Waals surface area (Å²) in [4.78, 5) is 10.2. The highest BCUT2D eigenvalue weighted by Gasteiger charge is 2.17. The molecule has 1 saturated heterocycles. The number of rotatable bonds is 2. The van der Waals surface area contributed by atoms with E-state index in [4.69, 9.17) is 23.2 Å². The molecule has 0 saturated carbocycles. The summed E-state index contributed by atoms with van der Waals surface area (Å²) >= 11 is 11.7. The second-order valence-corrected chi connectivity index (χ2v) is 4.74. The van der Waals surface area contributed by atoms with Crippen LogP contribution in [0.3, 0.4) is 0 Å². The summed E-state index contributed by atoms with van der Waals surface area (Å²) in [6.45, 7) is 5.99. The SMILES string of the molecule is CC1CN(Cc2cnc(Cl)nc2Cl)CCN1. The molecule has 1 atom stereocenters. The highest BCUT2D eigenvalue weighted by atomic mass is 35.5. The highest BCUT2D eigenvalue weighted by molar-refractivity contribution is 6.32. The van der Waals surface area contributed by atoms with Gasteiger partial charge in [-0.25, -0.2) is 9.97 Å². The topological polar surface area (TPSA) is 41.1 Å². The van der Waals surface area contributed by atoms with Crippen LogP contribution in [-0.2, 0) is 6.54 Å². The zero-order valence-corrected chi connectivity index (χ0v) is 10.6. The molecule has 0 bridgehead atoms. The van der Waals surface area contributed by atoms with E-state index in [1.165, 1.54) is 0 Å². The Morgan fingerprint density at radius 2 is 2.38 bits per heavy atom. The Kier molecular flexibility index (Phi) is 3.97. The van der Waals surface area contributed by atoms with Crippen LogP contribution < -0.4 is 5.32 Å². The third-order valence-electron chi connectivity index (χ3n) is 2.63. The summed E-state index contributed by atoms with van der Waals surface area (Å²) in [5, 5.41) is 4.04. The fourth-order valence-electron chi connectivity index (χ4n) is 1.87. The number of hydrogen-bond donors (Lipinski definition) is 1. The molecule has 2 heterocycles. The van der Waals surface area contributed by atoms with Gasteiger partial charge in [0.1, 0.15) is 5.15 Å². The Morgan fingerprint density at radius 1 is 1.56 bits per heavy atom. The Morgan fingerprint density at radius 3 is 3.06 bits per heavy atom. The lowest BCUT2D eigenvalue weighted by molar-refractivity contribution is 0.199. The van der Waals surface area contributed by atoms with Crippen molar-refractivity contribution in [1.82, 2.24) is 20.2 Å². The lowest BCUT2D eigenvalue weighted by Crippen LogP contribution is -2.48. The molecule has 0 amide bonds. The molecule has 1 unspecified atom stereocenters. The van der Waals surface area contributed by atoms with Crippen molar-refractivity contribution in [2.45, 2.75) is 19.5 Å². The van der Waals surface area contributed by atoms with Crippen LogP contribution in [0.25, 0.3) is 0 Å². The van der Waals surface area contributed by atoms with E-state index >= 15 is 0 Å². The van der Waals surface area contributed by atoms with Crippen molar-refractivity contribution in [2.24, 2.45) is 0 Å². The second kappa shape index (κ2) is 5.27. The van der Waals surface area contributed by atoms with E-state index in [1.54, 1.807) is 6.20 Å². The standard InChI is InChI=1S/C10H14Cl2N4/c1-7-5-16(3-2-13-7)6-8-4-14-10(12)15-9(8)11/h4,7,13H,2-3,5-6H2,1H3. The van der Waals surface area contributed by atoms with Crippen molar-refractivity contribution in [3.8, 4) is 0 Å². The molecular weight excluding hydrogens is 247 g/mol. The first-order valence-corrected chi connectivity index (χ1v) is 6.03. The Balaban J connectivity index is 2.02. The van der Waals surface area contributed by atoms with Gasteiger partial charge in [0.25, 0.3) is 0 Å². The molecule has 0 radical (unpaired) electrons. The van der Waals surface area contributed by atoms with Crippen LogP contribution in [0, 0.1) is 0 Å². The van der Waals surface area contributed by atoms with Gasteiger partial charge in [-0.3, -0.25) is 4.90 Å². The monoisotopic (exact) mass is 260 g/mol. The van der Waals surface area contributed by atoms with Crippen LogP contribution in [0.15, 0.2) is 6.20 Å². The molecule has 1 aliphatic heterocycles. The molecule has 16 heavy (non-hydrogen) atoms. The molecule has 88 valence electrons. The predicted molar refractivity (Wildman–Crippen MR) is 64.8 cm³/mol. The van der Waals surface area contributed by atoms with E-state index in [-0.39, 0.29) is 5.28 Å². The van der Waals surface area contributed by atoms with Crippen LogP contribution in [-0.4, -0.2) is 40.5 Å². The second-order valence-electron chi connectivity index (χ2n) is 4.05. The smallest absolute Gasteiger partial charge is 0.223 e. The largest absolute Gasteiger partial charge is 0.312 e. The minimum atomic E-state index is 0.197. The van der Waals surface area contributed by atoms with Crippen molar-refractivity contribution in [3.05, 3.63) is 22.2 Å². The van der Waals surface area contributed by atoms with Crippen LogP contribution in [0.2, 0.25) is 10.4 Å². The van der Waals surface area contributed by atoms with E-state index in [1.807, 2.05) is 0 Å². The van der Waals surface area contributed by atoms with Crippen molar-refractivity contribution in [1.29, 1.82) is 0 Å². The van der Waals surface area contributed by atoms with Gasteiger partial charge in [-0.15, -0.1) is 0 Å². The Bertz CT molecular complexity index is 372. The number of aromatic nitrogens is 2. The van der Waals surface area contributed by atoms with Gasteiger partial charge in [-0.2, -0.15) is 0 Å². The molecule has 0 spiro atoms. The number of piperazine rings is 1. The Labute approximate surface area is 105 Å². The number of nitrogens with one attached hydrogen (secondary N) is 1. The lowest BCUT2D eigenvalue weighted by atomic mass is 10.2. The van der Waals surface area contributed by atoms with Gasteiger partial charge in [0, 0.05) is 44.0 Å². The molecule has 1 aromatic heterocycles. The minimum absolute atomic E-state index is 0.197. The molecule has 0 aliphatic carbocycles. The number of nitrogens with zero attached hydrogens (tertiary/aromatic N) is 3. The van der Waals surface area contributed by atoms with Crippen LogP contribution >= 0.6 is 23.2 Å². The molecule has 6 heteroatoms. The quantitative estimate of drug-likeness (QED) is 0.648. The highest BCUT2D eigenvalue weighted by Crippen LogP contribution is 2.16. The Hall–Kier alpha value is -0.420. The molecule has 1 N–H and O–H groups in total. The number of hydrogen-bond acceptors (Lipinski definition) is 4. The molecule has 1 aliphatic rings. The van der Waals surface area contributed by atoms with Gasteiger partial charge in [-0.05, 0) is 18.5 Å². The van der Waals surface area contributed by atoms with Crippen molar-refractivity contribution in [3.63, 3.8) is 0 Å². The van der Waals surface area contributed by atoms with Gasteiger partial charge in [0.15, 0.2) is 0 Å². The fraction of sp³-hybridized carbons (Fsp3) is 0.600. The third-order valence-corrected chi connectivity index (χ3v) is 3.14. The zero-order chi connectivity index (χ0) is 11.5. The maximum atomic E-state index is 6.01. The van der Waals surface area contributed by atoms with Crippen molar-refractivity contribution < 1.29 is 0 Å². The maximum absolute atomic E-state index is 6.01. The fourth-order valence-corrected chi connectivity index (χ4v) is 2.23. The molecule has 0 aromatic carbocycles. The van der Waals surface area contributed by atoms with Crippen LogP contribution in [0.1, 0.15) is 12.5 Å². The minimum Gasteiger partial charge on any atom is -0.312 e. The molecule has 4 nitrogen and oxygen atoms in total. The first-order chi connectivity index (χ1) is 7.65. The summed E-state index contributed by atoms with van der Waals surface area (Å²) in [7, 11) is 0. The first-order valence-electron chi connectivity index (χ1n) is 5.28. The lowest BCUT2D eigenvalue weighted by Gasteiger charge is -2.31. The van der Waals surface area contributed by atoms with E-state index in [0.29, 0.717) is 11.2 Å². The van der Waals surface area contributed by atoms with Crippen LogP contribution in [0.5, 0.6) is 0 Å². The van der Waals surface area contributed by atoms with E-state index in [9.17, 15) is 0 Å². The van der Waals surface area contributed by atoms with Gasteiger partial charge in [0.05, 0.1) is 0 Å². The summed E-state index contributed by atoms with van der Waals surface area (Å²) < 4.78 is 0. The summed E-state index contributed by atoms with van der Waals surface area (Å²) in [5.74, 6) is 0.